The second-order valence-electron chi connectivity index (χ2n) is 3.64. The molecule has 3 N–H and O–H groups in total. The average molecular weight is 281 g/mol. The first-order valence-corrected chi connectivity index (χ1v) is 5.02. The van der Waals surface area contributed by atoms with Crippen molar-refractivity contribution in [3.05, 3.63) is 23.8 Å². The normalized spacial score (nSPS) is 11.7. The van der Waals surface area contributed by atoms with E-state index in [1.807, 2.05) is 0 Å². The van der Waals surface area contributed by atoms with E-state index in [0.717, 1.165) is 0 Å². The maximum atomic E-state index is 12.1. The van der Waals surface area contributed by atoms with Crippen LogP contribution < -0.4 is 15.8 Å². The summed E-state index contributed by atoms with van der Waals surface area (Å²) in [5.41, 5.74) is 6.30. The highest BCUT2D eigenvalue weighted by Gasteiger charge is 2.11. The molecule has 1 aromatic carbocycles. The molecule has 1 rings (SSSR count). The van der Waals surface area contributed by atoms with Crippen LogP contribution in [0.4, 0.5) is 14.5 Å². The molecule has 1 atom stereocenters. The second kappa shape index (κ2) is 7.13. The van der Waals surface area contributed by atoms with Crippen molar-refractivity contribution in [1.82, 2.24) is 0 Å². The number of ether oxygens (including phenoxy) is 1. The van der Waals surface area contributed by atoms with Crippen LogP contribution in [0.15, 0.2) is 18.2 Å². The fourth-order valence-electron chi connectivity index (χ4n) is 1.16. The maximum absolute atomic E-state index is 12.1. The lowest BCUT2D eigenvalue weighted by Gasteiger charge is -2.12. The van der Waals surface area contributed by atoms with E-state index in [1.54, 1.807) is 19.1 Å². The summed E-state index contributed by atoms with van der Waals surface area (Å²) in [7, 11) is 0. The van der Waals surface area contributed by atoms with E-state index >= 15 is 0 Å². The number of halogens is 3. The number of rotatable bonds is 4. The molecule has 18 heavy (non-hydrogen) atoms. The number of hydrogen-bond acceptors (Lipinski definition) is 3. The molecule has 1 amide bonds. The van der Waals surface area contributed by atoms with Gasteiger partial charge in [-0.05, 0) is 25.5 Å². The SMILES string of the molecule is Cc1ccc(NC(=O)[C@H](C)N)cc1OC(F)F.Cl. The molecule has 0 saturated heterocycles. The van der Waals surface area contributed by atoms with Crippen LogP contribution in [0.1, 0.15) is 12.5 Å². The van der Waals surface area contributed by atoms with E-state index in [9.17, 15) is 13.6 Å². The Morgan fingerprint density at radius 3 is 2.56 bits per heavy atom. The van der Waals surface area contributed by atoms with Gasteiger partial charge >= 0.3 is 6.61 Å². The number of anilines is 1. The number of benzene rings is 1. The van der Waals surface area contributed by atoms with E-state index in [-0.39, 0.29) is 18.2 Å². The number of amides is 1. The Kier molecular flexibility index (Phi) is 6.57. The van der Waals surface area contributed by atoms with Crippen molar-refractivity contribution in [2.75, 3.05) is 5.32 Å². The van der Waals surface area contributed by atoms with Gasteiger partial charge in [0.25, 0.3) is 0 Å². The fourth-order valence-corrected chi connectivity index (χ4v) is 1.16. The summed E-state index contributed by atoms with van der Waals surface area (Å²) in [5.74, 6) is -0.362. The van der Waals surface area contributed by atoms with Crippen molar-refractivity contribution in [1.29, 1.82) is 0 Å². The van der Waals surface area contributed by atoms with Crippen molar-refractivity contribution in [2.45, 2.75) is 26.5 Å². The lowest BCUT2D eigenvalue weighted by atomic mass is 10.2. The van der Waals surface area contributed by atoms with Crippen LogP contribution in [0.25, 0.3) is 0 Å². The first kappa shape index (κ1) is 16.6. The van der Waals surface area contributed by atoms with Crippen molar-refractivity contribution in [3.63, 3.8) is 0 Å². The predicted octanol–water partition coefficient (Wildman–Crippen LogP) is 2.30. The van der Waals surface area contributed by atoms with Crippen LogP contribution in [0, 0.1) is 6.92 Å². The molecule has 0 aliphatic heterocycles. The molecule has 0 aromatic heterocycles. The Hall–Kier alpha value is -1.40. The van der Waals surface area contributed by atoms with Gasteiger partial charge in [0, 0.05) is 11.8 Å². The lowest BCUT2D eigenvalue weighted by molar-refractivity contribution is -0.117. The third-order valence-corrected chi connectivity index (χ3v) is 2.09. The van der Waals surface area contributed by atoms with Crippen molar-refractivity contribution < 1.29 is 18.3 Å². The molecule has 1 aromatic rings. The van der Waals surface area contributed by atoms with Crippen LogP contribution in [0.2, 0.25) is 0 Å². The highest BCUT2D eigenvalue weighted by Crippen LogP contribution is 2.24. The maximum Gasteiger partial charge on any atom is 0.387 e. The summed E-state index contributed by atoms with van der Waals surface area (Å²) in [6, 6.07) is 3.83. The second-order valence-corrected chi connectivity index (χ2v) is 3.64. The fraction of sp³-hybridized carbons (Fsp3) is 0.364. The highest BCUT2D eigenvalue weighted by atomic mass is 35.5. The van der Waals surface area contributed by atoms with Gasteiger partial charge in [0.1, 0.15) is 5.75 Å². The molecule has 4 nitrogen and oxygen atoms in total. The molecule has 7 heteroatoms. The van der Waals surface area contributed by atoms with Gasteiger partial charge in [0.2, 0.25) is 5.91 Å². The van der Waals surface area contributed by atoms with E-state index < -0.39 is 18.6 Å². The Morgan fingerprint density at radius 1 is 1.44 bits per heavy atom. The Balaban J connectivity index is 0.00000289. The zero-order chi connectivity index (χ0) is 13.0. The molecular weight excluding hydrogens is 266 g/mol. The number of nitrogens with one attached hydrogen (secondary N) is 1. The number of hydrogen-bond donors (Lipinski definition) is 2. The van der Waals surface area contributed by atoms with Crippen LogP contribution in [-0.4, -0.2) is 18.6 Å². The molecule has 0 bridgehead atoms. The number of alkyl halides is 2. The minimum Gasteiger partial charge on any atom is -0.434 e. The van der Waals surface area contributed by atoms with Crippen LogP contribution in [-0.2, 0) is 4.79 Å². The third-order valence-electron chi connectivity index (χ3n) is 2.09. The van der Waals surface area contributed by atoms with Gasteiger partial charge in [-0.15, -0.1) is 12.4 Å². The average Bonchev–Trinajstić information content (AvgIpc) is 2.22. The Labute approximate surface area is 110 Å². The first-order chi connectivity index (χ1) is 7.90. The number of nitrogens with two attached hydrogens (primary N) is 1. The lowest BCUT2D eigenvalue weighted by Crippen LogP contribution is -2.32. The molecule has 0 radical (unpaired) electrons. The molecular formula is C11H15ClF2N2O2. The highest BCUT2D eigenvalue weighted by molar-refractivity contribution is 5.94. The summed E-state index contributed by atoms with van der Waals surface area (Å²) in [6.07, 6.45) is 0. The van der Waals surface area contributed by atoms with Gasteiger partial charge in [-0.25, -0.2) is 0 Å². The number of carbonyl (C=O) groups excluding carboxylic acids is 1. The van der Waals surface area contributed by atoms with E-state index in [0.29, 0.717) is 11.3 Å². The minimum atomic E-state index is -2.90. The monoisotopic (exact) mass is 280 g/mol. The molecule has 0 aliphatic carbocycles. The molecule has 0 saturated carbocycles. The summed E-state index contributed by atoms with van der Waals surface area (Å²) in [5, 5.41) is 2.49. The third kappa shape index (κ3) is 4.85. The zero-order valence-electron chi connectivity index (χ0n) is 9.94. The van der Waals surface area contributed by atoms with Gasteiger partial charge in [-0.3, -0.25) is 4.79 Å². The van der Waals surface area contributed by atoms with E-state index in [2.05, 4.69) is 10.1 Å². The number of aryl methyl sites for hydroxylation is 1. The largest absolute Gasteiger partial charge is 0.434 e. The first-order valence-electron chi connectivity index (χ1n) is 5.02. The Morgan fingerprint density at radius 2 is 2.06 bits per heavy atom. The van der Waals surface area contributed by atoms with Crippen molar-refractivity contribution >= 4 is 24.0 Å². The molecule has 0 heterocycles. The van der Waals surface area contributed by atoms with Crippen molar-refractivity contribution in [3.8, 4) is 5.75 Å². The molecule has 0 aliphatic rings. The summed E-state index contributed by atoms with van der Waals surface area (Å²) in [6.45, 7) is 0.266. The molecule has 0 fully saturated rings. The van der Waals surface area contributed by atoms with E-state index in [4.69, 9.17) is 5.73 Å². The summed E-state index contributed by atoms with van der Waals surface area (Å²) >= 11 is 0. The van der Waals surface area contributed by atoms with Gasteiger partial charge in [0.05, 0.1) is 6.04 Å². The summed E-state index contributed by atoms with van der Waals surface area (Å²) < 4.78 is 28.5. The van der Waals surface area contributed by atoms with E-state index in [1.165, 1.54) is 13.0 Å². The molecule has 0 unspecified atom stereocenters. The van der Waals surface area contributed by atoms with Crippen LogP contribution in [0.3, 0.4) is 0 Å². The van der Waals surface area contributed by atoms with Gasteiger partial charge < -0.3 is 15.8 Å². The topological polar surface area (TPSA) is 64.4 Å². The smallest absolute Gasteiger partial charge is 0.387 e. The predicted molar refractivity (Wildman–Crippen MR) is 67.3 cm³/mol. The van der Waals surface area contributed by atoms with Gasteiger partial charge in [-0.2, -0.15) is 8.78 Å². The van der Waals surface area contributed by atoms with Crippen LogP contribution in [0.5, 0.6) is 5.75 Å². The zero-order valence-corrected chi connectivity index (χ0v) is 10.8. The number of carbonyl (C=O) groups is 1. The standard InChI is InChI=1S/C11H14F2N2O2.ClH/c1-6-3-4-8(15-10(16)7(2)14)5-9(6)17-11(12)13;/h3-5,7,11H,14H2,1-2H3,(H,15,16);1H/t7-;/m0./s1. The van der Waals surface area contributed by atoms with Gasteiger partial charge in [0.15, 0.2) is 0 Å². The Bertz CT molecular complexity index is 414. The van der Waals surface area contributed by atoms with Crippen LogP contribution >= 0.6 is 12.4 Å². The molecule has 102 valence electrons. The summed E-state index contributed by atoms with van der Waals surface area (Å²) in [4.78, 5) is 11.3. The van der Waals surface area contributed by atoms with Gasteiger partial charge in [-0.1, -0.05) is 6.07 Å². The minimum absolute atomic E-state index is 0. The quantitative estimate of drug-likeness (QED) is 0.889. The molecule has 0 spiro atoms. The van der Waals surface area contributed by atoms with Crippen molar-refractivity contribution in [2.24, 2.45) is 5.73 Å².